The largest absolute Gasteiger partial charge is 0.340 e. The molecule has 0 bridgehead atoms. The minimum atomic E-state index is -3.65. The van der Waals surface area contributed by atoms with E-state index < -0.39 is 10.0 Å². The number of carbonyl (C=O) groups is 1. The molecule has 9 heteroatoms. The van der Waals surface area contributed by atoms with Crippen LogP contribution in [0.4, 0.5) is 0 Å². The van der Waals surface area contributed by atoms with Crippen molar-refractivity contribution in [2.75, 3.05) is 26.2 Å². The maximum absolute atomic E-state index is 13.0. The van der Waals surface area contributed by atoms with Crippen molar-refractivity contribution < 1.29 is 13.2 Å². The summed E-state index contributed by atoms with van der Waals surface area (Å²) in [7, 11) is -3.65. The molecule has 156 valence electrons. The van der Waals surface area contributed by atoms with Crippen LogP contribution in [0, 0.1) is 5.92 Å². The van der Waals surface area contributed by atoms with Crippen LogP contribution in [0.2, 0.25) is 0 Å². The third-order valence-electron chi connectivity index (χ3n) is 5.68. The molecule has 2 aliphatic rings. The van der Waals surface area contributed by atoms with Gasteiger partial charge in [0.15, 0.2) is 5.03 Å². The van der Waals surface area contributed by atoms with Gasteiger partial charge >= 0.3 is 0 Å². The average Bonchev–Trinajstić information content (AvgIpc) is 3.26. The molecule has 2 fully saturated rings. The van der Waals surface area contributed by atoms with Crippen molar-refractivity contribution in [2.45, 2.75) is 37.1 Å². The molecule has 1 aromatic heterocycles. The quantitative estimate of drug-likeness (QED) is 0.640. The summed E-state index contributed by atoms with van der Waals surface area (Å²) >= 11 is 4.73. The summed E-state index contributed by atoms with van der Waals surface area (Å²) in [5.74, 6) is 0.326. The van der Waals surface area contributed by atoms with E-state index in [0.717, 1.165) is 35.7 Å². The maximum Gasteiger partial charge on any atom is 0.261 e. The molecule has 2 heterocycles. The van der Waals surface area contributed by atoms with E-state index in [1.54, 1.807) is 5.38 Å². The fourth-order valence-corrected chi connectivity index (χ4v) is 6.75. The summed E-state index contributed by atoms with van der Waals surface area (Å²) in [5, 5.41) is 2.38. The molecular weight excluding hydrogens is 474 g/mol. The number of benzene rings is 1. The third-order valence-corrected chi connectivity index (χ3v) is 9.04. The van der Waals surface area contributed by atoms with Crippen LogP contribution in [-0.4, -0.2) is 54.7 Å². The average molecular weight is 498 g/mol. The fourth-order valence-electron chi connectivity index (χ4n) is 3.99. The molecule has 0 N–H and O–H groups in total. The lowest BCUT2D eigenvalue weighted by atomic mass is 9.88. The molecule has 1 amide bonds. The smallest absolute Gasteiger partial charge is 0.261 e. The Bertz CT molecular complexity index is 961. The highest BCUT2D eigenvalue weighted by Crippen LogP contribution is 2.29. The maximum atomic E-state index is 13.0. The number of halogens is 1. The minimum absolute atomic E-state index is 0.0903. The van der Waals surface area contributed by atoms with Gasteiger partial charge in [-0.25, -0.2) is 13.4 Å². The van der Waals surface area contributed by atoms with Crippen LogP contribution in [0.1, 0.15) is 32.1 Å². The van der Waals surface area contributed by atoms with Crippen LogP contribution < -0.4 is 0 Å². The van der Waals surface area contributed by atoms with Gasteiger partial charge in [-0.2, -0.15) is 4.31 Å². The number of rotatable bonds is 4. The normalized spacial score (nSPS) is 19.4. The third kappa shape index (κ3) is 4.57. The molecule has 4 rings (SSSR count). The first-order chi connectivity index (χ1) is 13.9. The Morgan fingerprint density at radius 1 is 1.03 bits per heavy atom. The van der Waals surface area contributed by atoms with Gasteiger partial charge in [0.1, 0.15) is 5.01 Å². The Morgan fingerprint density at radius 3 is 2.34 bits per heavy atom. The first-order valence-corrected chi connectivity index (χ1v) is 13.1. The lowest BCUT2D eigenvalue weighted by Gasteiger charge is -2.36. The van der Waals surface area contributed by atoms with Gasteiger partial charge in [-0.1, -0.05) is 47.3 Å². The summed E-state index contributed by atoms with van der Waals surface area (Å²) in [6.07, 6.45) is 5.39. The van der Waals surface area contributed by atoms with Crippen molar-refractivity contribution >= 4 is 43.2 Å². The first kappa shape index (κ1) is 21.0. The van der Waals surface area contributed by atoms with Gasteiger partial charge in [-0.15, -0.1) is 11.3 Å². The van der Waals surface area contributed by atoms with E-state index >= 15 is 0 Å². The van der Waals surface area contributed by atoms with E-state index in [-0.39, 0.29) is 16.9 Å². The number of hydrogen-bond donors (Lipinski definition) is 0. The van der Waals surface area contributed by atoms with Gasteiger partial charge in [-0.05, 0) is 25.0 Å². The molecule has 1 saturated carbocycles. The zero-order chi connectivity index (χ0) is 20.4. The second-order valence-electron chi connectivity index (χ2n) is 7.56. The van der Waals surface area contributed by atoms with Crippen LogP contribution >= 0.6 is 27.3 Å². The van der Waals surface area contributed by atoms with E-state index in [9.17, 15) is 13.2 Å². The zero-order valence-electron chi connectivity index (χ0n) is 16.1. The van der Waals surface area contributed by atoms with Crippen molar-refractivity contribution in [3.8, 4) is 10.6 Å². The van der Waals surface area contributed by atoms with E-state index in [2.05, 4.69) is 20.9 Å². The molecule has 6 nitrogen and oxygen atoms in total. The molecule has 2 aromatic rings. The predicted molar refractivity (Wildman–Crippen MR) is 117 cm³/mol. The fraction of sp³-hybridized carbons (Fsp3) is 0.500. The number of hydrogen-bond acceptors (Lipinski definition) is 5. The number of sulfonamides is 1. The summed E-state index contributed by atoms with van der Waals surface area (Å²) in [4.78, 5) is 18.9. The Hall–Kier alpha value is -1.29. The molecule has 0 atom stereocenters. The Kier molecular flexibility index (Phi) is 6.38. The molecule has 1 aliphatic carbocycles. The van der Waals surface area contributed by atoms with Crippen LogP contribution in [0.5, 0.6) is 0 Å². The SMILES string of the molecule is O=C(C1CCCCC1)N1CCN(S(=O)(=O)c2csc(-c3ccc(Br)cc3)n2)CC1. The highest BCUT2D eigenvalue weighted by Gasteiger charge is 2.34. The number of aromatic nitrogens is 1. The molecular formula is C20H24BrN3O3S2. The van der Waals surface area contributed by atoms with Crippen LogP contribution in [0.3, 0.4) is 0 Å². The van der Waals surface area contributed by atoms with Crippen molar-refractivity contribution in [1.29, 1.82) is 0 Å². The summed E-state index contributed by atoms with van der Waals surface area (Å²) in [6, 6.07) is 7.64. The number of carbonyl (C=O) groups excluding carboxylic acids is 1. The van der Waals surface area contributed by atoms with Crippen molar-refractivity contribution in [3.63, 3.8) is 0 Å². The molecule has 29 heavy (non-hydrogen) atoms. The van der Waals surface area contributed by atoms with Crippen molar-refractivity contribution in [2.24, 2.45) is 5.92 Å². The molecule has 0 unspecified atom stereocenters. The van der Waals surface area contributed by atoms with E-state index in [1.807, 2.05) is 29.2 Å². The van der Waals surface area contributed by atoms with Crippen LogP contribution in [0.25, 0.3) is 10.6 Å². The lowest BCUT2D eigenvalue weighted by Crippen LogP contribution is -2.52. The van der Waals surface area contributed by atoms with Gasteiger partial charge in [0.05, 0.1) is 0 Å². The molecule has 1 aromatic carbocycles. The topological polar surface area (TPSA) is 70.6 Å². The lowest BCUT2D eigenvalue weighted by molar-refractivity contribution is -0.137. The second-order valence-corrected chi connectivity index (χ2v) is 11.2. The highest BCUT2D eigenvalue weighted by atomic mass is 79.9. The standard InChI is InChI=1S/C20H24BrN3O3S2/c21-17-8-6-15(7-9-17)19-22-18(14-28-19)29(26,27)24-12-10-23(11-13-24)20(25)16-4-2-1-3-5-16/h6-9,14,16H,1-5,10-13H2. The summed E-state index contributed by atoms with van der Waals surface area (Å²) < 4.78 is 28.5. The van der Waals surface area contributed by atoms with Gasteiger partial charge < -0.3 is 4.90 Å². The molecule has 1 saturated heterocycles. The number of piperazine rings is 1. The number of amides is 1. The number of nitrogens with zero attached hydrogens (tertiary/aromatic N) is 3. The highest BCUT2D eigenvalue weighted by molar-refractivity contribution is 9.10. The van der Waals surface area contributed by atoms with Crippen LogP contribution in [0.15, 0.2) is 39.1 Å². The van der Waals surface area contributed by atoms with Gasteiger partial charge in [-0.3, -0.25) is 4.79 Å². The molecule has 0 radical (unpaired) electrons. The molecule has 0 spiro atoms. The van der Waals surface area contributed by atoms with E-state index in [0.29, 0.717) is 31.2 Å². The summed E-state index contributed by atoms with van der Waals surface area (Å²) in [6.45, 7) is 1.56. The second kappa shape index (κ2) is 8.83. The van der Waals surface area contributed by atoms with E-state index in [4.69, 9.17) is 0 Å². The minimum Gasteiger partial charge on any atom is -0.340 e. The first-order valence-electron chi connectivity index (χ1n) is 9.95. The molecule has 1 aliphatic heterocycles. The predicted octanol–water partition coefficient (Wildman–Crippen LogP) is 3.99. The monoisotopic (exact) mass is 497 g/mol. The van der Waals surface area contributed by atoms with Crippen molar-refractivity contribution in [1.82, 2.24) is 14.2 Å². The van der Waals surface area contributed by atoms with E-state index in [1.165, 1.54) is 22.1 Å². The number of thiazole rings is 1. The Balaban J connectivity index is 1.41. The van der Waals surface area contributed by atoms with Gasteiger partial charge in [0.25, 0.3) is 10.0 Å². The van der Waals surface area contributed by atoms with Gasteiger partial charge in [0, 0.05) is 47.5 Å². The van der Waals surface area contributed by atoms with Crippen LogP contribution in [-0.2, 0) is 14.8 Å². The van der Waals surface area contributed by atoms with Crippen molar-refractivity contribution in [3.05, 3.63) is 34.1 Å². The van der Waals surface area contributed by atoms with Gasteiger partial charge in [0.2, 0.25) is 5.91 Å². The Labute approximate surface area is 184 Å². The summed E-state index contributed by atoms with van der Waals surface area (Å²) in [5.41, 5.74) is 0.891. The zero-order valence-corrected chi connectivity index (χ0v) is 19.3. The Morgan fingerprint density at radius 2 is 1.69 bits per heavy atom.